The van der Waals surface area contributed by atoms with E-state index in [0.29, 0.717) is 18.2 Å². The summed E-state index contributed by atoms with van der Waals surface area (Å²) in [5.41, 5.74) is 2.21. The molecule has 0 bridgehead atoms. The molecule has 1 saturated carbocycles. The summed E-state index contributed by atoms with van der Waals surface area (Å²) in [4.78, 5) is 2.30. The van der Waals surface area contributed by atoms with Crippen molar-refractivity contribution < 1.29 is 8.78 Å². The lowest BCUT2D eigenvalue weighted by atomic mass is 10.1. The van der Waals surface area contributed by atoms with E-state index in [9.17, 15) is 14.0 Å². The quantitative estimate of drug-likeness (QED) is 0.805. The van der Waals surface area contributed by atoms with E-state index in [1.54, 1.807) is 18.2 Å². The highest BCUT2D eigenvalue weighted by molar-refractivity contribution is 5.38. The van der Waals surface area contributed by atoms with Crippen molar-refractivity contribution in [3.63, 3.8) is 0 Å². The summed E-state index contributed by atoms with van der Waals surface area (Å²) in [5.74, 6) is -0.603. The van der Waals surface area contributed by atoms with Crippen molar-refractivity contribution in [1.82, 2.24) is 4.90 Å². The zero-order valence-electron chi connectivity index (χ0n) is 12.8. The second-order valence-corrected chi connectivity index (χ2v) is 5.99. The molecule has 0 radical (unpaired) electrons. The maximum Gasteiger partial charge on any atom is 0.124 e. The fraction of sp³-hybridized carbons (Fsp3) is 0.316. The van der Waals surface area contributed by atoms with Crippen LogP contribution in [0, 0.1) is 23.0 Å². The average Bonchev–Trinajstić information content (AvgIpc) is 3.37. The van der Waals surface area contributed by atoms with Crippen molar-refractivity contribution in [2.24, 2.45) is 0 Å². The van der Waals surface area contributed by atoms with E-state index in [-0.39, 0.29) is 11.6 Å². The van der Waals surface area contributed by atoms with E-state index < -0.39 is 0 Å². The Bertz CT molecular complexity index is 732. The van der Waals surface area contributed by atoms with E-state index in [4.69, 9.17) is 0 Å². The van der Waals surface area contributed by atoms with Gasteiger partial charge in [0, 0.05) is 19.1 Å². The molecule has 1 aliphatic carbocycles. The first-order valence-electron chi connectivity index (χ1n) is 7.83. The molecule has 118 valence electrons. The van der Waals surface area contributed by atoms with Crippen molar-refractivity contribution in [3.05, 3.63) is 70.8 Å². The normalized spacial score (nSPS) is 14.0. The zero-order valence-corrected chi connectivity index (χ0v) is 12.8. The van der Waals surface area contributed by atoms with Crippen LogP contribution in [0.3, 0.4) is 0 Å². The van der Waals surface area contributed by atoms with Gasteiger partial charge >= 0.3 is 0 Å². The standard InChI is InChI=1S/C19H18F2N2/c20-17-3-1-2-14(10-17)8-9-23(19-6-7-19)13-15-4-5-18(21)11-16(15)12-22/h1-5,10-11,19H,6-9,13H2. The molecule has 0 heterocycles. The third-order valence-corrected chi connectivity index (χ3v) is 4.21. The molecule has 0 spiro atoms. The van der Waals surface area contributed by atoms with Gasteiger partial charge in [0.1, 0.15) is 11.6 Å². The molecular weight excluding hydrogens is 294 g/mol. The van der Waals surface area contributed by atoms with Gasteiger partial charge in [-0.3, -0.25) is 4.90 Å². The summed E-state index contributed by atoms with van der Waals surface area (Å²) in [6, 6.07) is 13.6. The molecule has 0 aliphatic heterocycles. The Morgan fingerprint density at radius 1 is 1.09 bits per heavy atom. The molecule has 2 aromatic carbocycles. The van der Waals surface area contributed by atoms with E-state index in [1.165, 1.54) is 18.2 Å². The van der Waals surface area contributed by atoms with E-state index in [2.05, 4.69) is 11.0 Å². The molecule has 2 nitrogen and oxygen atoms in total. The lowest BCUT2D eigenvalue weighted by Crippen LogP contribution is -2.28. The summed E-state index contributed by atoms with van der Waals surface area (Å²) in [7, 11) is 0. The van der Waals surface area contributed by atoms with Gasteiger partial charge in [-0.15, -0.1) is 0 Å². The van der Waals surface area contributed by atoms with Gasteiger partial charge in [-0.1, -0.05) is 18.2 Å². The molecule has 0 saturated heterocycles. The first-order valence-corrected chi connectivity index (χ1v) is 7.83. The summed E-state index contributed by atoms with van der Waals surface area (Å²) in [6.07, 6.45) is 3.05. The zero-order chi connectivity index (χ0) is 16.2. The monoisotopic (exact) mass is 312 g/mol. The van der Waals surface area contributed by atoms with E-state index >= 15 is 0 Å². The Balaban J connectivity index is 1.69. The number of hydrogen-bond donors (Lipinski definition) is 0. The van der Waals surface area contributed by atoms with Gasteiger partial charge in [-0.05, 0) is 54.7 Å². The second-order valence-electron chi connectivity index (χ2n) is 5.99. The van der Waals surface area contributed by atoms with Crippen LogP contribution in [-0.2, 0) is 13.0 Å². The predicted octanol–water partition coefficient (Wildman–Crippen LogP) is 4.04. The van der Waals surface area contributed by atoms with Crippen LogP contribution in [-0.4, -0.2) is 17.5 Å². The van der Waals surface area contributed by atoms with Crippen molar-refractivity contribution >= 4 is 0 Å². The number of nitrogens with zero attached hydrogens (tertiary/aromatic N) is 2. The molecule has 0 unspecified atom stereocenters. The molecule has 0 N–H and O–H groups in total. The number of hydrogen-bond acceptors (Lipinski definition) is 2. The van der Waals surface area contributed by atoms with Crippen LogP contribution in [0.25, 0.3) is 0 Å². The molecule has 3 rings (SSSR count). The van der Waals surface area contributed by atoms with Gasteiger partial charge in [-0.25, -0.2) is 8.78 Å². The number of rotatable bonds is 6. The highest BCUT2D eigenvalue weighted by Gasteiger charge is 2.29. The Labute approximate surface area is 135 Å². The lowest BCUT2D eigenvalue weighted by Gasteiger charge is -2.22. The van der Waals surface area contributed by atoms with E-state index in [1.807, 2.05) is 6.07 Å². The maximum absolute atomic E-state index is 13.3. The van der Waals surface area contributed by atoms with Crippen LogP contribution in [0.4, 0.5) is 8.78 Å². The lowest BCUT2D eigenvalue weighted by molar-refractivity contribution is 0.257. The van der Waals surface area contributed by atoms with Crippen LogP contribution in [0.15, 0.2) is 42.5 Å². The van der Waals surface area contributed by atoms with Crippen molar-refractivity contribution in [3.8, 4) is 6.07 Å². The van der Waals surface area contributed by atoms with Gasteiger partial charge < -0.3 is 0 Å². The Kier molecular flexibility index (Phi) is 4.68. The molecule has 0 aromatic heterocycles. The molecule has 0 amide bonds. The third kappa shape index (κ3) is 4.14. The van der Waals surface area contributed by atoms with Gasteiger partial charge in [-0.2, -0.15) is 5.26 Å². The van der Waals surface area contributed by atoms with Crippen LogP contribution in [0.2, 0.25) is 0 Å². The largest absolute Gasteiger partial charge is 0.296 e. The first-order chi connectivity index (χ1) is 11.2. The third-order valence-electron chi connectivity index (χ3n) is 4.21. The minimum atomic E-state index is -0.386. The van der Waals surface area contributed by atoms with Gasteiger partial charge in [0.05, 0.1) is 11.6 Å². The summed E-state index contributed by atoms with van der Waals surface area (Å²) in [6.45, 7) is 1.43. The SMILES string of the molecule is N#Cc1cc(F)ccc1CN(CCc1cccc(F)c1)C1CC1. The summed E-state index contributed by atoms with van der Waals surface area (Å²) in [5, 5.41) is 9.17. The topological polar surface area (TPSA) is 27.0 Å². The Hall–Kier alpha value is -2.25. The fourth-order valence-corrected chi connectivity index (χ4v) is 2.81. The van der Waals surface area contributed by atoms with Gasteiger partial charge in [0.15, 0.2) is 0 Å². The first kappa shape index (κ1) is 15.6. The summed E-state index contributed by atoms with van der Waals surface area (Å²) >= 11 is 0. The average molecular weight is 312 g/mol. The second kappa shape index (κ2) is 6.89. The van der Waals surface area contributed by atoms with Gasteiger partial charge in [0.25, 0.3) is 0 Å². The maximum atomic E-state index is 13.3. The molecule has 1 aliphatic rings. The van der Waals surface area contributed by atoms with E-state index in [0.717, 1.165) is 36.9 Å². The molecule has 0 atom stereocenters. The Morgan fingerprint density at radius 3 is 2.57 bits per heavy atom. The van der Waals surface area contributed by atoms with Gasteiger partial charge in [0.2, 0.25) is 0 Å². The predicted molar refractivity (Wildman–Crippen MR) is 84.7 cm³/mol. The van der Waals surface area contributed by atoms with Crippen LogP contribution in [0.5, 0.6) is 0 Å². The molecular formula is C19H18F2N2. The number of halogens is 2. The highest BCUT2D eigenvalue weighted by atomic mass is 19.1. The highest BCUT2D eigenvalue weighted by Crippen LogP contribution is 2.29. The minimum Gasteiger partial charge on any atom is -0.296 e. The molecule has 1 fully saturated rings. The number of nitriles is 1. The van der Waals surface area contributed by atoms with Crippen molar-refractivity contribution in [2.75, 3.05) is 6.54 Å². The molecule has 2 aromatic rings. The minimum absolute atomic E-state index is 0.217. The molecule has 4 heteroatoms. The van der Waals surface area contributed by atoms with Crippen LogP contribution in [0.1, 0.15) is 29.5 Å². The van der Waals surface area contributed by atoms with Crippen molar-refractivity contribution in [2.45, 2.75) is 31.8 Å². The van der Waals surface area contributed by atoms with Crippen molar-refractivity contribution in [1.29, 1.82) is 5.26 Å². The smallest absolute Gasteiger partial charge is 0.124 e. The van der Waals surface area contributed by atoms with Crippen LogP contribution >= 0.6 is 0 Å². The fourth-order valence-electron chi connectivity index (χ4n) is 2.81. The number of benzene rings is 2. The molecule has 23 heavy (non-hydrogen) atoms. The Morgan fingerprint density at radius 2 is 1.87 bits per heavy atom. The van der Waals surface area contributed by atoms with Crippen LogP contribution < -0.4 is 0 Å². The summed E-state index contributed by atoms with van der Waals surface area (Å²) < 4.78 is 26.5.